The summed E-state index contributed by atoms with van der Waals surface area (Å²) in [5.74, 6) is 1.08. The minimum absolute atomic E-state index is 0.262. The van der Waals surface area contributed by atoms with Crippen molar-refractivity contribution in [2.24, 2.45) is 4.99 Å². The number of amides is 1. The SMILES string of the molecule is CC1=C(C(=O)Nc2ccccc2)C(c2ccc(C(C)C)cc2)n2c(s/c(=C\c3ccc(-c4ccc(Cl)cc4Cl)o3)c2=O)=N1. The molecule has 0 spiro atoms. The number of hydrogen-bond donors (Lipinski definition) is 1. The number of halogens is 2. The number of carbonyl (C=O) groups is 1. The minimum atomic E-state index is -0.664. The number of rotatable bonds is 6. The Kier molecular flexibility index (Phi) is 7.97. The van der Waals surface area contributed by atoms with Crippen molar-refractivity contribution >= 4 is 52.2 Å². The average molecular weight is 629 g/mol. The van der Waals surface area contributed by atoms with Gasteiger partial charge in [0.05, 0.1) is 26.9 Å². The molecular weight excluding hydrogens is 601 g/mol. The third-order valence-electron chi connectivity index (χ3n) is 7.31. The second-order valence-corrected chi connectivity index (χ2v) is 12.4. The lowest BCUT2D eigenvalue weighted by Crippen LogP contribution is -2.40. The summed E-state index contributed by atoms with van der Waals surface area (Å²) in [7, 11) is 0. The van der Waals surface area contributed by atoms with Crippen molar-refractivity contribution in [2.75, 3.05) is 5.32 Å². The number of carbonyl (C=O) groups excluding carboxylic acids is 1. The Morgan fingerprint density at radius 3 is 2.47 bits per heavy atom. The summed E-state index contributed by atoms with van der Waals surface area (Å²) in [6, 6.07) is 25.4. The van der Waals surface area contributed by atoms with Crippen molar-refractivity contribution in [2.45, 2.75) is 32.7 Å². The zero-order valence-electron chi connectivity index (χ0n) is 23.6. The van der Waals surface area contributed by atoms with Crippen molar-refractivity contribution < 1.29 is 9.21 Å². The van der Waals surface area contributed by atoms with Crippen LogP contribution in [0.25, 0.3) is 17.4 Å². The number of thiazole rings is 1. The van der Waals surface area contributed by atoms with Gasteiger partial charge < -0.3 is 9.73 Å². The van der Waals surface area contributed by atoms with E-state index in [0.717, 1.165) is 5.56 Å². The molecule has 1 unspecified atom stereocenters. The van der Waals surface area contributed by atoms with E-state index < -0.39 is 6.04 Å². The van der Waals surface area contributed by atoms with Crippen LogP contribution in [0.15, 0.2) is 110 Å². The van der Waals surface area contributed by atoms with Crippen LogP contribution in [0, 0.1) is 0 Å². The highest BCUT2D eigenvalue weighted by Crippen LogP contribution is 2.33. The summed E-state index contributed by atoms with van der Waals surface area (Å²) in [5.41, 5.74) is 4.05. The monoisotopic (exact) mass is 627 g/mol. The number of furan rings is 1. The molecule has 3 aromatic carbocycles. The van der Waals surface area contributed by atoms with Gasteiger partial charge in [0.1, 0.15) is 11.5 Å². The maximum absolute atomic E-state index is 14.0. The van der Waals surface area contributed by atoms with Crippen molar-refractivity contribution in [3.05, 3.63) is 143 Å². The van der Waals surface area contributed by atoms with Gasteiger partial charge in [-0.05, 0) is 66.4 Å². The highest BCUT2D eigenvalue weighted by atomic mass is 35.5. The van der Waals surface area contributed by atoms with Gasteiger partial charge in [0.2, 0.25) is 0 Å². The maximum Gasteiger partial charge on any atom is 0.271 e. The van der Waals surface area contributed by atoms with Crippen molar-refractivity contribution in [3.63, 3.8) is 0 Å². The van der Waals surface area contributed by atoms with E-state index in [0.29, 0.717) is 59.3 Å². The van der Waals surface area contributed by atoms with Crippen LogP contribution in [0.2, 0.25) is 10.0 Å². The Bertz CT molecular complexity index is 2060. The average Bonchev–Trinajstić information content (AvgIpc) is 3.56. The van der Waals surface area contributed by atoms with Gasteiger partial charge in [-0.25, -0.2) is 4.99 Å². The van der Waals surface area contributed by atoms with Crippen LogP contribution >= 0.6 is 34.5 Å². The number of hydrogen-bond acceptors (Lipinski definition) is 5. The highest BCUT2D eigenvalue weighted by molar-refractivity contribution is 7.07. The Morgan fingerprint density at radius 1 is 1.02 bits per heavy atom. The quantitative estimate of drug-likeness (QED) is 0.211. The van der Waals surface area contributed by atoms with Crippen molar-refractivity contribution in [3.8, 4) is 11.3 Å². The van der Waals surface area contributed by atoms with E-state index in [1.165, 1.54) is 16.9 Å². The number of fused-ring (bicyclic) bond motifs is 1. The van der Waals surface area contributed by atoms with Gasteiger partial charge in [0, 0.05) is 22.3 Å². The molecule has 43 heavy (non-hydrogen) atoms. The molecule has 1 N–H and O–H groups in total. The first kappa shape index (κ1) is 28.9. The molecule has 6 nitrogen and oxygen atoms in total. The van der Waals surface area contributed by atoms with Gasteiger partial charge in [0.15, 0.2) is 4.80 Å². The normalized spacial score (nSPS) is 15.0. The van der Waals surface area contributed by atoms with Gasteiger partial charge in [-0.1, -0.05) is 90.9 Å². The first-order valence-corrected chi connectivity index (χ1v) is 15.3. The lowest BCUT2D eigenvalue weighted by molar-refractivity contribution is -0.113. The van der Waals surface area contributed by atoms with Gasteiger partial charge >= 0.3 is 0 Å². The van der Waals surface area contributed by atoms with Gasteiger partial charge in [-0.15, -0.1) is 0 Å². The Hall–Kier alpha value is -4.17. The third kappa shape index (κ3) is 5.76. The van der Waals surface area contributed by atoms with Crippen LogP contribution in [-0.2, 0) is 4.79 Å². The molecule has 0 saturated heterocycles. The molecule has 0 radical (unpaired) electrons. The molecule has 1 amide bonds. The van der Waals surface area contributed by atoms with Crippen LogP contribution in [0.3, 0.4) is 0 Å². The molecule has 1 atom stereocenters. The third-order valence-corrected chi connectivity index (χ3v) is 8.84. The number of benzene rings is 3. The lowest BCUT2D eigenvalue weighted by atomic mass is 9.93. The molecule has 216 valence electrons. The van der Waals surface area contributed by atoms with Gasteiger partial charge in [0.25, 0.3) is 11.5 Å². The van der Waals surface area contributed by atoms with E-state index in [4.69, 9.17) is 32.6 Å². The second-order valence-electron chi connectivity index (χ2n) is 10.5. The number of aromatic nitrogens is 1. The van der Waals surface area contributed by atoms with E-state index in [9.17, 15) is 9.59 Å². The Morgan fingerprint density at radius 2 is 1.77 bits per heavy atom. The molecule has 2 aromatic heterocycles. The Labute approximate surface area is 262 Å². The molecule has 6 rings (SSSR count). The van der Waals surface area contributed by atoms with Crippen LogP contribution in [0.4, 0.5) is 5.69 Å². The van der Waals surface area contributed by atoms with E-state index in [2.05, 4.69) is 19.2 Å². The molecule has 0 fully saturated rings. The first-order chi connectivity index (χ1) is 20.7. The highest BCUT2D eigenvalue weighted by Gasteiger charge is 2.32. The molecule has 0 saturated carbocycles. The van der Waals surface area contributed by atoms with Gasteiger partial charge in [-0.2, -0.15) is 0 Å². The molecule has 1 aliphatic heterocycles. The lowest BCUT2D eigenvalue weighted by Gasteiger charge is -2.25. The summed E-state index contributed by atoms with van der Waals surface area (Å²) >= 11 is 13.7. The fourth-order valence-corrected chi connectivity index (χ4v) is 6.63. The zero-order chi connectivity index (χ0) is 30.2. The zero-order valence-corrected chi connectivity index (χ0v) is 25.9. The molecule has 3 heterocycles. The van der Waals surface area contributed by atoms with Crippen molar-refractivity contribution in [1.82, 2.24) is 4.57 Å². The second kappa shape index (κ2) is 11.8. The van der Waals surface area contributed by atoms with E-state index in [-0.39, 0.29) is 11.5 Å². The molecular formula is C34H27Cl2N3O3S. The largest absolute Gasteiger partial charge is 0.457 e. The van der Waals surface area contributed by atoms with Gasteiger partial charge in [-0.3, -0.25) is 14.2 Å². The molecule has 9 heteroatoms. The molecule has 0 aliphatic carbocycles. The summed E-state index contributed by atoms with van der Waals surface area (Å²) in [6.07, 6.45) is 1.69. The van der Waals surface area contributed by atoms with Crippen LogP contribution in [-0.4, -0.2) is 10.5 Å². The number of allylic oxidation sites excluding steroid dienone is 1. The van der Waals surface area contributed by atoms with Crippen LogP contribution < -0.4 is 20.2 Å². The topological polar surface area (TPSA) is 76.6 Å². The molecule has 1 aliphatic rings. The molecule has 5 aromatic rings. The Balaban J connectivity index is 1.45. The van der Waals surface area contributed by atoms with E-state index in [1.54, 1.807) is 47.9 Å². The predicted molar refractivity (Wildman–Crippen MR) is 174 cm³/mol. The number of nitrogens with one attached hydrogen (secondary N) is 1. The molecule has 0 bridgehead atoms. The van der Waals surface area contributed by atoms with Crippen LogP contribution in [0.5, 0.6) is 0 Å². The summed E-state index contributed by atoms with van der Waals surface area (Å²) in [5, 5.41) is 3.98. The number of para-hydroxylation sites is 1. The maximum atomic E-state index is 14.0. The summed E-state index contributed by atoms with van der Waals surface area (Å²) in [4.78, 5) is 33.0. The summed E-state index contributed by atoms with van der Waals surface area (Å²) in [6.45, 7) is 6.06. The number of nitrogens with zero attached hydrogens (tertiary/aromatic N) is 2. The smallest absolute Gasteiger partial charge is 0.271 e. The number of anilines is 1. The fraction of sp³-hybridized carbons (Fsp3) is 0.147. The minimum Gasteiger partial charge on any atom is -0.457 e. The van der Waals surface area contributed by atoms with Crippen molar-refractivity contribution in [1.29, 1.82) is 0 Å². The fourth-order valence-electron chi connectivity index (χ4n) is 5.10. The predicted octanol–water partition coefficient (Wildman–Crippen LogP) is 7.56. The summed E-state index contributed by atoms with van der Waals surface area (Å²) < 4.78 is 8.08. The first-order valence-electron chi connectivity index (χ1n) is 13.7. The van der Waals surface area contributed by atoms with Crippen LogP contribution in [0.1, 0.15) is 49.6 Å². The van der Waals surface area contributed by atoms with E-state index in [1.807, 2.05) is 54.6 Å². The standard InChI is InChI=1S/C34H27Cl2N3O3S/c1-19(2)21-9-11-22(12-10-21)31-30(32(40)38-24-7-5-4-6-8-24)20(3)37-34-39(31)33(41)29(43-34)18-25-14-16-28(42-25)26-15-13-23(35)17-27(26)36/h4-19,31H,1-3H3,(H,38,40)/b29-18-. The van der Waals surface area contributed by atoms with E-state index >= 15 is 0 Å².